The summed E-state index contributed by atoms with van der Waals surface area (Å²) in [6.07, 6.45) is 9.79. The van der Waals surface area contributed by atoms with Gasteiger partial charge in [0.2, 0.25) is 0 Å². The summed E-state index contributed by atoms with van der Waals surface area (Å²) in [6, 6.07) is 10.7. The van der Waals surface area contributed by atoms with Crippen LogP contribution >= 0.6 is 0 Å². The van der Waals surface area contributed by atoms with Gasteiger partial charge in [-0.25, -0.2) is 0 Å². The Bertz CT molecular complexity index is 656. The van der Waals surface area contributed by atoms with E-state index < -0.39 is 0 Å². The van der Waals surface area contributed by atoms with E-state index in [1.807, 2.05) is 0 Å². The second kappa shape index (κ2) is 9.20. The number of ether oxygens (including phenoxy) is 1. The molecule has 1 aromatic carbocycles. The molecular weight excluding hydrogens is 320 g/mol. The van der Waals surface area contributed by atoms with Gasteiger partial charge in [0.05, 0.1) is 0 Å². The zero-order valence-electron chi connectivity index (χ0n) is 16.0. The summed E-state index contributed by atoms with van der Waals surface area (Å²) in [4.78, 5) is 2.37. The van der Waals surface area contributed by atoms with Crippen LogP contribution in [0.4, 0.5) is 0 Å². The van der Waals surface area contributed by atoms with Crippen LogP contribution in [0.25, 0.3) is 0 Å². The highest BCUT2D eigenvalue weighted by molar-refractivity contribution is 5.44. The van der Waals surface area contributed by atoms with E-state index in [0.29, 0.717) is 5.92 Å². The Morgan fingerprint density at radius 3 is 2.62 bits per heavy atom. The van der Waals surface area contributed by atoms with Crippen molar-refractivity contribution in [2.75, 3.05) is 19.8 Å². The van der Waals surface area contributed by atoms with E-state index in [9.17, 15) is 0 Å². The number of nitrogens with two attached hydrogens (primary N) is 1. The van der Waals surface area contributed by atoms with E-state index in [0.717, 1.165) is 57.4 Å². The quantitative estimate of drug-likeness (QED) is 0.789. The fraction of sp³-hybridized carbons (Fsp3) is 0.478. The maximum atomic E-state index is 6.68. The number of hydrogen-bond donors (Lipinski definition) is 1. The average Bonchev–Trinajstić information content (AvgIpc) is 2.69. The third-order valence-corrected chi connectivity index (χ3v) is 5.48. The molecule has 1 saturated heterocycles. The molecule has 0 radical (unpaired) electrons. The van der Waals surface area contributed by atoms with Crippen LogP contribution in [-0.4, -0.2) is 30.7 Å². The van der Waals surface area contributed by atoms with Crippen molar-refractivity contribution in [3.63, 3.8) is 0 Å². The molecule has 0 aliphatic carbocycles. The lowest BCUT2D eigenvalue weighted by atomic mass is 9.87. The highest BCUT2D eigenvalue weighted by Gasteiger charge is 2.28. The molecule has 2 N–H and O–H groups in total. The van der Waals surface area contributed by atoms with Crippen molar-refractivity contribution in [3.8, 4) is 0 Å². The number of rotatable bonds is 7. The lowest BCUT2D eigenvalue weighted by Crippen LogP contribution is -2.42. The molecule has 0 bridgehead atoms. The van der Waals surface area contributed by atoms with Crippen molar-refractivity contribution < 1.29 is 4.74 Å². The minimum atomic E-state index is 0.0640. The van der Waals surface area contributed by atoms with Gasteiger partial charge in [0.25, 0.3) is 0 Å². The third kappa shape index (κ3) is 4.66. The van der Waals surface area contributed by atoms with Crippen molar-refractivity contribution in [1.82, 2.24) is 4.90 Å². The van der Waals surface area contributed by atoms with Crippen LogP contribution in [-0.2, 0) is 11.2 Å². The highest BCUT2D eigenvalue weighted by atomic mass is 16.5. The Balaban J connectivity index is 1.71. The molecular formula is C23H32N2O. The molecule has 2 aliphatic heterocycles. The molecule has 1 fully saturated rings. The molecule has 3 nitrogen and oxygen atoms in total. The fourth-order valence-electron chi connectivity index (χ4n) is 3.89. The zero-order chi connectivity index (χ0) is 18.4. The Hall–Kier alpha value is -1.84. The van der Waals surface area contributed by atoms with Crippen molar-refractivity contribution >= 4 is 0 Å². The SMILES string of the molecule is C=C1C=C(C(N)C2CCOCC2)N(CCC)C=C1CCc1ccccc1. The second-order valence-corrected chi connectivity index (χ2v) is 7.40. The van der Waals surface area contributed by atoms with E-state index in [4.69, 9.17) is 10.5 Å². The van der Waals surface area contributed by atoms with Gasteiger partial charge in [-0.3, -0.25) is 0 Å². The maximum Gasteiger partial charge on any atom is 0.0480 e. The number of aryl methyl sites for hydroxylation is 1. The molecule has 0 amide bonds. The first-order valence-corrected chi connectivity index (χ1v) is 9.94. The fourth-order valence-corrected chi connectivity index (χ4v) is 3.89. The molecule has 1 unspecified atom stereocenters. The Morgan fingerprint density at radius 2 is 1.92 bits per heavy atom. The molecule has 140 valence electrons. The molecule has 1 atom stereocenters. The summed E-state index contributed by atoms with van der Waals surface area (Å²) in [5.74, 6) is 0.501. The van der Waals surface area contributed by atoms with Gasteiger partial charge >= 0.3 is 0 Å². The maximum absolute atomic E-state index is 6.68. The van der Waals surface area contributed by atoms with Crippen LogP contribution in [0.1, 0.15) is 38.2 Å². The predicted molar refractivity (Wildman–Crippen MR) is 109 cm³/mol. The summed E-state index contributed by atoms with van der Waals surface area (Å²) in [6.45, 7) is 9.22. The van der Waals surface area contributed by atoms with Crippen LogP contribution in [0.5, 0.6) is 0 Å². The van der Waals surface area contributed by atoms with E-state index in [1.54, 1.807) is 0 Å². The van der Waals surface area contributed by atoms with Crippen molar-refractivity contribution in [3.05, 3.63) is 71.6 Å². The number of allylic oxidation sites excluding steroid dienone is 3. The zero-order valence-corrected chi connectivity index (χ0v) is 16.0. The van der Waals surface area contributed by atoms with Crippen LogP contribution in [0.2, 0.25) is 0 Å². The Labute approximate surface area is 158 Å². The van der Waals surface area contributed by atoms with Gasteiger partial charge in [0, 0.05) is 37.7 Å². The van der Waals surface area contributed by atoms with Gasteiger partial charge in [-0.05, 0) is 60.8 Å². The van der Waals surface area contributed by atoms with Gasteiger partial charge in [-0.15, -0.1) is 0 Å². The van der Waals surface area contributed by atoms with Crippen molar-refractivity contribution in [1.29, 1.82) is 0 Å². The smallest absolute Gasteiger partial charge is 0.0480 e. The molecule has 0 spiro atoms. The first kappa shape index (κ1) is 18.9. The first-order valence-electron chi connectivity index (χ1n) is 9.94. The standard InChI is InChI=1S/C23H32N2O/c1-3-13-25-17-21(10-9-19-7-5-4-6-8-19)18(2)16-22(25)23(24)20-11-14-26-15-12-20/h4-8,16-17,20,23H,2-3,9-15,24H2,1H3. The molecule has 3 rings (SSSR count). The summed E-state index contributed by atoms with van der Waals surface area (Å²) in [5.41, 5.74) is 11.7. The van der Waals surface area contributed by atoms with Gasteiger partial charge in [-0.2, -0.15) is 0 Å². The van der Waals surface area contributed by atoms with Crippen molar-refractivity contribution in [2.45, 2.75) is 45.1 Å². The molecule has 0 aromatic heterocycles. The summed E-state index contributed by atoms with van der Waals surface area (Å²) in [7, 11) is 0. The number of benzene rings is 1. The van der Waals surface area contributed by atoms with Gasteiger partial charge in [-0.1, -0.05) is 43.8 Å². The molecule has 2 heterocycles. The van der Waals surface area contributed by atoms with Gasteiger partial charge in [0.1, 0.15) is 0 Å². The minimum absolute atomic E-state index is 0.0640. The van der Waals surface area contributed by atoms with Gasteiger partial charge < -0.3 is 15.4 Å². The van der Waals surface area contributed by atoms with Crippen LogP contribution < -0.4 is 5.73 Å². The van der Waals surface area contributed by atoms with E-state index in [2.05, 4.69) is 61.0 Å². The summed E-state index contributed by atoms with van der Waals surface area (Å²) >= 11 is 0. The largest absolute Gasteiger partial charge is 0.381 e. The predicted octanol–water partition coefficient (Wildman–Crippen LogP) is 4.42. The minimum Gasteiger partial charge on any atom is -0.381 e. The normalized spacial score (nSPS) is 19.9. The number of hydrogen-bond acceptors (Lipinski definition) is 3. The lowest BCUT2D eigenvalue weighted by Gasteiger charge is -2.37. The van der Waals surface area contributed by atoms with E-state index >= 15 is 0 Å². The van der Waals surface area contributed by atoms with Crippen LogP contribution in [0.15, 0.2) is 66.0 Å². The molecule has 3 heteroatoms. The highest BCUT2D eigenvalue weighted by Crippen LogP contribution is 2.31. The average molecular weight is 353 g/mol. The Kier molecular flexibility index (Phi) is 6.70. The molecule has 1 aromatic rings. The van der Waals surface area contributed by atoms with E-state index in [-0.39, 0.29) is 6.04 Å². The first-order chi connectivity index (χ1) is 12.7. The second-order valence-electron chi connectivity index (χ2n) is 7.40. The summed E-state index contributed by atoms with van der Waals surface area (Å²) < 4.78 is 5.51. The topological polar surface area (TPSA) is 38.5 Å². The van der Waals surface area contributed by atoms with Crippen LogP contribution in [0, 0.1) is 5.92 Å². The van der Waals surface area contributed by atoms with Gasteiger partial charge in [0.15, 0.2) is 0 Å². The monoisotopic (exact) mass is 352 g/mol. The summed E-state index contributed by atoms with van der Waals surface area (Å²) in [5, 5.41) is 0. The molecule has 26 heavy (non-hydrogen) atoms. The molecule has 2 aliphatic rings. The number of nitrogens with zero attached hydrogens (tertiary/aromatic N) is 1. The Morgan fingerprint density at radius 1 is 1.19 bits per heavy atom. The van der Waals surface area contributed by atoms with Crippen LogP contribution in [0.3, 0.4) is 0 Å². The third-order valence-electron chi connectivity index (χ3n) is 5.48. The van der Waals surface area contributed by atoms with Crippen molar-refractivity contribution in [2.24, 2.45) is 11.7 Å². The molecule has 0 saturated carbocycles. The lowest BCUT2D eigenvalue weighted by molar-refractivity contribution is 0.0597. The van der Waals surface area contributed by atoms with E-state index in [1.165, 1.54) is 16.8 Å².